The Balaban J connectivity index is 2.22. The summed E-state index contributed by atoms with van der Waals surface area (Å²) in [6.45, 7) is 6.10. The van der Waals surface area contributed by atoms with Crippen molar-refractivity contribution >= 4 is 0 Å². The molecule has 0 radical (unpaired) electrons. The Bertz CT molecular complexity index is 142. The largest absolute Gasteiger partial charge is 0.771 e. The van der Waals surface area contributed by atoms with E-state index in [0.29, 0.717) is 6.04 Å². The molecule has 1 rings (SSSR count). The predicted octanol–water partition coefficient (Wildman–Crippen LogP) is 2.28. The normalized spacial score (nSPS) is 30.0. The Kier molecular flexibility index (Phi) is 4.16. The molecule has 0 aliphatic heterocycles. The van der Waals surface area contributed by atoms with Crippen molar-refractivity contribution in [3.63, 3.8) is 0 Å². The Morgan fingerprint density at radius 1 is 1.23 bits per heavy atom. The van der Waals surface area contributed by atoms with Crippen molar-refractivity contribution in [2.75, 3.05) is 0 Å². The fourth-order valence-electron chi connectivity index (χ4n) is 1.72. The lowest BCUT2D eigenvalue weighted by atomic mass is 9.88. The van der Waals surface area contributed by atoms with Gasteiger partial charge in [-0.25, -0.2) is 0 Å². The zero-order chi connectivity index (χ0) is 9.84. The number of hydrazine groups is 1. The Labute approximate surface area is 81.0 Å². The summed E-state index contributed by atoms with van der Waals surface area (Å²) in [5.41, 5.74) is 3.02. The first-order valence-corrected chi connectivity index (χ1v) is 5.32. The summed E-state index contributed by atoms with van der Waals surface area (Å²) < 4.78 is 0. The third kappa shape index (κ3) is 3.63. The van der Waals surface area contributed by atoms with Gasteiger partial charge in [-0.3, -0.25) is 5.43 Å². The maximum absolute atomic E-state index is 11.3. The van der Waals surface area contributed by atoms with Crippen LogP contribution in [-0.2, 0) is 0 Å². The average Bonchev–Trinajstić information content (AvgIpc) is 2.08. The second-order valence-electron chi connectivity index (χ2n) is 4.51. The van der Waals surface area contributed by atoms with Crippen molar-refractivity contribution in [1.82, 2.24) is 10.6 Å². The molecule has 0 amide bonds. The minimum Gasteiger partial charge on any atom is -0.771 e. The van der Waals surface area contributed by atoms with Crippen LogP contribution in [-0.4, -0.2) is 17.3 Å². The summed E-state index contributed by atoms with van der Waals surface area (Å²) in [5.74, 6) is 0.845. The first-order valence-electron chi connectivity index (χ1n) is 5.32. The van der Waals surface area contributed by atoms with Gasteiger partial charge in [-0.1, -0.05) is 6.92 Å². The minimum atomic E-state index is 0.0411. The summed E-state index contributed by atoms with van der Waals surface area (Å²) in [6.07, 6.45) is 4.80. The van der Waals surface area contributed by atoms with Gasteiger partial charge >= 0.3 is 0 Å². The molecule has 0 bridgehead atoms. The molecule has 13 heavy (non-hydrogen) atoms. The van der Waals surface area contributed by atoms with E-state index >= 15 is 0 Å². The monoisotopic (exact) mass is 185 g/mol. The van der Waals surface area contributed by atoms with Gasteiger partial charge in [-0.2, -0.15) is 0 Å². The molecule has 78 valence electrons. The minimum absolute atomic E-state index is 0.0411. The molecule has 1 aliphatic rings. The molecule has 3 nitrogen and oxygen atoms in total. The van der Waals surface area contributed by atoms with Crippen molar-refractivity contribution < 1.29 is 0 Å². The zero-order valence-corrected chi connectivity index (χ0v) is 8.92. The van der Waals surface area contributed by atoms with E-state index in [0.717, 1.165) is 23.9 Å². The van der Waals surface area contributed by atoms with Crippen molar-refractivity contribution in [2.24, 2.45) is 5.92 Å². The third-order valence-corrected chi connectivity index (χ3v) is 2.79. The number of hydroxylamine groups is 1. The molecule has 0 atom stereocenters. The van der Waals surface area contributed by atoms with Crippen LogP contribution in [0.25, 0.3) is 0 Å². The van der Waals surface area contributed by atoms with Gasteiger partial charge in [0.05, 0.1) is 0 Å². The average molecular weight is 185 g/mol. The van der Waals surface area contributed by atoms with E-state index in [4.69, 9.17) is 0 Å². The van der Waals surface area contributed by atoms with Crippen LogP contribution < -0.4 is 5.43 Å². The zero-order valence-electron chi connectivity index (χ0n) is 8.92. The number of hydrogen-bond acceptors (Lipinski definition) is 3. The Hall–Kier alpha value is -0.120. The number of nitrogens with one attached hydrogen (secondary N) is 1. The molecule has 1 saturated carbocycles. The maximum Gasteiger partial charge on any atom is 0.0205 e. The highest BCUT2D eigenvalue weighted by atomic mass is 16.5. The predicted molar refractivity (Wildman–Crippen MR) is 54.9 cm³/mol. The van der Waals surface area contributed by atoms with Crippen molar-refractivity contribution in [1.29, 1.82) is 0 Å². The first kappa shape index (κ1) is 11.0. The lowest BCUT2D eigenvalue weighted by Crippen LogP contribution is -2.45. The van der Waals surface area contributed by atoms with Gasteiger partial charge in [0, 0.05) is 12.1 Å². The molecule has 1 N–H and O–H groups in total. The van der Waals surface area contributed by atoms with Gasteiger partial charge in [0.25, 0.3) is 0 Å². The molecular weight excluding hydrogens is 164 g/mol. The Morgan fingerprint density at radius 2 is 1.77 bits per heavy atom. The molecule has 0 aromatic rings. The molecule has 0 saturated heterocycles. The van der Waals surface area contributed by atoms with Crippen LogP contribution in [0.2, 0.25) is 0 Å². The topological polar surface area (TPSA) is 38.3 Å². The van der Waals surface area contributed by atoms with E-state index in [1.165, 1.54) is 12.8 Å². The fraction of sp³-hybridized carbons (Fsp3) is 1.00. The molecule has 1 aliphatic carbocycles. The first-order chi connectivity index (χ1) is 6.09. The molecule has 3 heteroatoms. The highest BCUT2D eigenvalue weighted by molar-refractivity contribution is 4.75. The van der Waals surface area contributed by atoms with Crippen molar-refractivity contribution in [3.05, 3.63) is 5.21 Å². The Morgan fingerprint density at radius 3 is 2.23 bits per heavy atom. The summed E-state index contributed by atoms with van der Waals surface area (Å²) in [6, 6.07) is 0.454. The molecule has 0 aromatic heterocycles. The van der Waals surface area contributed by atoms with Crippen molar-refractivity contribution in [2.45, 2.75) is 58.5 Å². The van der Waals surface area contributed by atoms with Gasteiger partial charge in [0.1, 0.15) is 0 Å². The van der Waals surface area contributed by atoms with Crippen LogP contribution in [0.4, 0.5) is 0 Å². The quantitative estimate of drug-likeness (QED) is 0.685. The smallest absolute Gasteiger partial charge is 0.0205 e. The van der Waals surface area contributed by atoms with Crippen LogP contribution in [0.1, 0.15) is 46.5 Å². The summed E-state index contributed by atoms with van der Waals surface area (Å²) >= 11 is 0. The molecular formula is C10H21N2O-. The van der Waals surface area contributed by atoms with Crippen LogP contribution in [0.5, 0.6) is 0 Å². The second kappa shape index (κ2) is 4.94. The summed E-state index contributed by atoms with van der Waals surface area (Å²) in [7, 11) is 0. The van der Waals surface area contributed by atoms with Gasteiger partial charge in [-0.05, 0) is 45.4 Å². The van der Waals surface area contributed by atoms with Crippen molar-refractivity contribution in [3.8, 4) is 0 Å². The summed E-state index contributed by atoms with van der Waals surface area (Å²) in [5, 5.41) is 12.3. The molecule has 0 spiro atoms. The van der Waals surface area contributed by atoms with Gasteiger partial charge < -0.3 is 10.4 Å². The van der Waals surface area contributed by atoms with Crippen LogP contribution in [0.3, 0.4) is 0 Å². The van der Waals surface area contributed by atoms with E-state index in [9.17, 15) is 5.21 Å². The molecule has 0 heterocycles. The molecule has 0 aromatic carbocycles. The van der Waals surface area contributed by atoms with E-state index in [1.54, 1.807) is 0 Å². The van der Waals surface area contributed by atoms with Crippen LogP contribution >= 0.6 is 0 Å². The van der Waals surface area contributed by atoms with Crippen LogP contribution in [0.15, 0.2) is 0 Å². The number of rotatable bonds is 3. The molecule has 1 fully saturated rings. The highest BCUT2D eigenvalue weighted by Crippen LogP contribution is 2.23. The lowest BCUT2D eigenvalue weighted by Gasteiger charge is -2.39. The van der Waals surface area contributed by atoms with Gasteiger partial charge in [0.2, 0.25) is 0 Å². The standard InChI is InChI=1S/C10H21N2O/c1-8(2)12(13)11-10-6-4-9(3)5-7-10/h8-11H,4-7H2,1-3H3/q-1. The lowest BCUT2D eigenvalue weighted by molar-refractivity contribution is 0.153. The second-order valence-corrected chi connectivity index (χ2v) is 4.51. The SMILES string of the molecule is CC1CCC(NN([O-])C(C)C)CC1. The highest BCUT2D eigenvalue weighted by Gasteiger charge is 2.18. The van der Waals surface area contributed by atoms with E-state index in [-0.39, 0.29) is 6.04 Å². The number of hydrogen-bond donors (Lipinski definition) is 1. The third-order valence-electron chi connectivity index (χ3n) is 2.79. The van der Waals surface area contributed by atoms with Crippen LogP contribution in [0, 0.1) is 11.1 Å². The molecule has 0 unspecified atom stereocenters. The van der Waals surface area contributed by atoms with E-state index in [2.05, 4.69) is 12.3 Å². The van der Waals surface area contributed by atoms with Gasteiger partial charge in [0.15, 0.2) is 0 Å². The maximum atomic E-state index is 11.3. The van der Waals surface area contributed by atoms with Gasteiger partial charge in [-0.15, -0.1) is 0 Å². The van der Waals surface area contributed by atoms with E-state index < -0.39 is 0 Å². The number of nitrogens with zero attached hydrogens (tertiary/aromatic N) is 1. The summed E-state index contributed by atoms with van der Waals surface area (Å²) in [4.78, 5) is 0. The van der Waals surface area contributed by atoms with E-state index in [1.807, 2.05) is 13.8 Å². The fourth-order valence-corrected chi connectivity index (χ4v) is 1.72.